The molecule has 2 rings (SSSR count). The molecule has 0 fully saturated rings. The third kappa shape index (κ3) is 5.03. The molecule has 0 unspecified atom stereocenters. The van der Waals surface area contributed by atoms with E-state index in [2.05, 4.69) is 54.6 Å². The number of unbranched alkanes of at least 4 members (excludes halogenated alkanes) is 1. The molecule has 2 nitrogen and oxygen atoms in total. The van der Waals surface area contributed by atoms with Gasteiger partial charge in [-0.3, -0.25) is 0 Å². The van der Waals surface area contributed by atoms with Crippen molar-refractivity contribution >= 4 is 5.57 Å². The molecule has 0 saturated heterocycles. The van der Waals surface area contributed by atoms with Crippen LogP contribution in [0.15, 0.2) is 78.3 Å². The van der Waals surface area contributed by atoms with Crippen LogP contribution in [0.3, 0.4) is 0 Å². The highest BCUT2D eigenvalue weighted by Gasteiger charge is 2.05. The van der Waals surface area contributed by atoms with Gasteiger partial charge in [-0.05, 0) is 42.9 Å². The number of hydrogen-bond donors (Lipinski definition) is 0. The molecule has 119 valence electrons. The van der Waals surface area contributed by atoms with Crippen LogP contribution >= 0.6 is 0 Å². The van der Waals surface area contributed by atoms with E-state index < -0.39 is 0 Å². The lowest BCUT2D eigenvalue weighted by Crippen LogP contribution is -1.90. The second-order valence-electron chi connectivity index (χ2n) is 5.51. The van der Waals surface area contributed by atoms with Crippen LogP contribution in [0.25, 0.3) is 5.57 Å². The quantitative estimate of drug-likeness (QED) is 0.484. The average molecular weight is 307 g/mol. The number of ether oxygens (including phenoxy) is 1. The summed E-state index contributed by atoms with van der Waals surface area (Å²) in [6.07, 6.45) is 4.88. The van der Waals surface area contributed by atoms with Crippen molar-refractivity contribution in [3.05, 3.63) is 89.4 Å². The summed E-state index contributed by atoms with van der Waals surface area (Å²) in [7, 11) is 1.43. The molecule has 0 aliphatic rings. The molecule has 2 heteroatoms. The van der Waals surface area contributed by atoms with Crippen LogP contribution in [-0.4, -0.2) is 7.11 Å². The van der Waals surface area contributed by atoms with Crippen LogP contribution in [0, 0.1) is 0 Å². The first kappa shape index (κ1) is 16.9. The molecule has 2 aromatic rings. The molecule has 0 heterocycles. The smallest absolute Gasteiger partial charge is 0.329 e. The molecule has 2 aromatic carbocycles. The third-order valence-electron chi connectivity index (χ3n) is 3.81. The zero-order chi connectivity index (χ0) is 16.5. The fourth-order valence-corrected chi connectivity index (χ4v) is 2.53. The van der Waals surface area contributed by atoms with Crippen molar-refractivity contribution < 1.29 is 9.84 Å². The largest absolute Gasteiger partial charge is 0.466 e. The first-order chi connectivity index (χ1) is 11.2. The Hall–Kier alpha value is -2.48. The highest BCUT2D eigenvalue weighted by molar-refractivity contribution is 5.79. The van der Waals surface area contributed by atoms with E-state index >= 15 is 0 Å². The van der Waals surface area contributed by atoms with Crippen molar-refractivity contribution in [2.75, 3.05) is 7.11 Å². The van der Waals surface area contributed by atoms with E-state index in [4.69, 9.17) is 4.74 Å². The van der Waals surface area contributed by atoms with Crippen molar-refractivity contribution in [1.82, 2.24) is 0 Å². The van der Waals surface area contributed by atoms with Crippen LogP contribution < -0.4 is 0 Å². The van der Waals surface area contributed by atoms with Gasteiger partial charge >= 0.3 is 5.95 Å². The lowest BCUT2D eigenvalue weighted by molar-refractivity contribution is 0.0806. The van der Waals surface area contributed by atoms with Gasteiger partial charge in [-0.15, -0.1) is 0 Å². The van der Waals surface area contributed by atoms with E-state index in [1.807, 2.05) is 19.1 Å². The third-order valence-corrected chi connectivity index (χ3v) is 3.81. The number of allylic oxidation sites excluding steroid dienone is 2. The maximum atomic E-state index is 11.4. The van der Waals surface area contributed by atoms with Gasteiger partial charge in [0.05, 0.1) is 7.11 Å². The Morgan fingerprint density at radius 3 is 1.96 bits per heavy atom. The van der Waals surface area contributed by atoms with Gasteiger partial charge in [-0.2, -0.15) is 0 Å². The normalized spacial score (nSPS) is 11.6. The molecular formula is C21H23O2. The fraction of sp³-hybridized carbons (Fsp3) is 0.238. The predicted octanol–water partition coefficient (Wildman–Crippen LogP) is 5.60. The summed E-state index contributed by atoms with van der Waals surface area (Å²) < 4.78 is 4.74. The maximum Gasteiger partial charge on any atom is 0.329 e. The summed E-state index contributed by atoms with van der Waals surface area (Å²) in [6, 6.07) is 20.8. The summed E-state index contributed by atoms with van der Waals surface area (Å²) in [6.45, 7) is 1.84. The molecule has 23 heavy (non-hydrogen) atoms. The average Bonchev–Trinajstić information content (AvgIpc) is 2.62. The Labute approximate surface area is 138 Å². The molecular weight excluding hydrogens is 284 g/mol. The van der Waals surface area contributed by atoms with Gasteiger partial charge in [0.2, 0.25) is 0 Å². The minimum atomic E-state index is -0.208. The Kier molecular flexibility index (Phi) is 6.49. The van der Waals surface area contributed by atoms with E-state index in [-0.39, 0.29) is 5.95 Å². The van der Waals surface area contributed by atoms with Crippen molar-refractivity contribution in [3.8, 4) is 0 Å². The van der Waals surface area contributed by atoms with Gasteiger partial charge in [0.15, 0.2) is 0 Å². The van der Waals surface area contributed by atoms with Gasteiger partial charge < -0.3 is 4.74 Å². The van der Waals surface area contributed by atoms with Crippen LogP contribution in [-0.2, 0) is 9.84 Å². The molecule has 0 atom stereocenters. The lowest BCUT2D eigenvalue weighted by atomic mass is 9.96. The number of methoxy groups -OCH3 is 1. The number of rotatable bonds is 7. The molecule has 0 aromatic heterocycles. The van der Waals surface area contributed by atoms with E-state index in [0.29, 0.717) is 0 Å². The minimum absolute atomic E-state index is 0.208. The minimum Gasteiger partial charge on any atom is -0.466 e. The molecule has 1 radical (unpaired) electrons. The molecule has 0 saturated carbocycles. The van der Waals surface area contributed by atoms with Gasteiger partial charge in [-0.25, -0.2) is 5.11 Å². The van der Waals surface area contributed by atoms with Crippen LogP contribution in [0.5, 0.6) is 0 Å². The monoisotopic (exact) mass is 307 g/mol. The van der Waals surface area contributed by atoms with Crippen molar-refractivity contribution in [2.24, 2.45) is 0 Å². The standard InChI is InChI=1S/C21H23O2/c1-17(21(22)23-2)11-9-10-16-20(18-12-5-3-6-13-18)19-14-7-4-8-15-19/h3-8,12-16H,9-11H2,1-2H3. The van der Waals surface area contributed by atoms with Crippen molar-refractivity contribution in [2.45, 2.75) is 26.2 Å². The van der Waals surface area contributed by atoms with E-state index in [1.54, 1.807) is 0 Å². The Morgan fingerprint density at radius 2 is 1.48 bits per heavy atom. The highest BCUT2D eigenvalue weighted by atomic mass is 16.6. The van der Waals surface area contributed by atoms with E-state index in [9.17, 15) is 5.11 Å². The first-order valence-corrected chi connectivity index (χ1v) is 7.94. The van der Waals surface area contributed by atoms with E-state index in [1.165, 1.54) is 23.8 Å². The van der Waals surface area contributed by atoms with Crippen LogP contribution in [0.1, 0.15) is 37.3 Å². The number of hydrogen-bond acceptors (Lipinski definition) is 1. The Bertz CT molecular complexity index is 613. The van der Waals surface area contributed by atoms with Crippen LogP contribution in [0.4, 0.5) is 0 Å². The Balaban J connectivity index is 2.12. The van der Waals surface area contributed by atoms with Gasteiger partial charge in [0.1, 0.15) is 0 Å². The lowest BCUT2D eigenvalue weighted by Gasteiger charge is -2.09. The first-order valence-electron chi connectivity index (χ1n) is 7.94. The second kappa shape index (κ2) is 8.84. The highest BCUT2D eigenvalue weighted by Crippen LogP contribution is 2.24. The summed E-state index contributed by atoms with van der Waals surface area (Å²) in [5, 5.41) is 11.4. The zero-order valence-electron chi connectivity index (χ0n) is 13.8. The molecule has 0 aliphatic carbocycles. The fourth-order valence-electron chi connectivity index (χ4n) is 2.53. The SMILES string of the molecule is COC([O])=C(C)CCCC=C(c1ccccc1)c1ccccc1. The molecule has 0 N–H and O–H groups in total. The summed E-state index contributed by atoms with van der Waals surface area (Å²) in [5.41, 5.74) is 4.45. The molecule has 0 amide bonds. The summed E-state index contributed by atoms with van der Waals surface area (Å²) in [4.78, 5) is 0. The number of benzene rings is 2. The maximum absolute atomic E-state index is 11.4. The van der Waals surface area contributed by atoms with Gasteiger partial charge in [-0.1, -0.05) is 66.7 Å². The van der Waals surface area contributed by atoms with Gasteiger partial charge in [0.25, 0.3) is 0 Å². The second-order valence-corrected chi connectivity index (χ2v) is 5.51. The van der Waals surface area contributed by atoms with Gasteiger partial charge in [0, 0.05) is 5.57 Å². The Morgan fingerprint density at radius 1 is 0.957 bits per heavy atom. The summed E-state index contributed by atoms with van der Waals surface area (Å²) in [5.74, 6) is -0.208. The topological polar surface area (TPSA) is 29.1 Å². The zero-order valence-corrected chi connectivity index (χ0v) is 13.8. The van der Waals surface area contributed by atoms with Crippen LogP contribution in [0.2, 0.25) is 0 Å². The predicted molar refractivity (Wildman–Crippen MR) is 94.2 cm³/mol. The molecule has 0 spiro atoms. The molecule has 0 aliphatic heterocycles. The van der Waals surface area contributed by atoms with E-state index in [0.717, 1.165) is 24.8 Å². The van der Waals surface area contributed by atoms with Crippen molar-refractivity contribution in [3.63, 3.8) is 0 Å². The van der Waals surface area contributed by atoms with Crippen molar-refractivity contribution in [1.29, 1.82) is 0 Å². The summed E-state index contributed by atoms with van der Waals surface area (Å²) >= 11 is 0. The molecule has 0 bridgehead atoms.